The summed E-state index contributed by atoms with van der Waals surface area (Å²) in [5.41, 5.74) is 0.584. The minimum Gasteiger partial charge on any atom is -0.336 e. The molecule has 4 nitrogen and oxygen atoms in total. The lowest BCUT2D eigenvalue weighted by Crippen LogP contribution is -2.48. The molecule has 138 valence electrons. The summed E-state index contributed by atoms with van der Waals surface area (Å²) in [5.74, 6) is -0.261. The van der Waals surface area contributed by atoms with Gasteiger partial charge in [-0.15, -0.1) is 0 Å². The summed E-state index contributed by atoms with van der Waals surface area (Å²) >= 11 is 0. The molecule has 0 N–H and O–H groups in total. The number of amides is 1. The van der Waals surface area contributed by atoms with E-state index in [1.807, 2.05) is 18.2 Å². The van der Waals surface area contributed by atoms with Crippen molar-refractivity contribution in [3.8, 4) is 0 Å². The highest BCUT2D eigenvalue weighted by molar-refractivity contribution is 5.95. The average Bonchev–Trinajstić information content (AvgIpc) is 2.62. The van der Waals surface area contributed by atoms with Gasteiger partial charge in [-0.2, -0.15) is 13.2 Å². The molecule has 0 atom stereocenters. The van der Waals surface area contributed by atoms with Gasteiger partial charge in [0.25, 0.3) is 5.91 Å². The zero-order valence-corrected chi connectivity index (χ0v) is 14.5. The summed E-state index contributed by atoms with van der Waals surface area (Å²) in [4.78, 5) is 20.1. The second-order valence-corrected chi connectivity index (χ2v) is 6.38. The largest absolute Gasteiger partial charge is 0.433 e. The third-order valence-corrected chi connectivity index (χ3v) is 4.52. The Morgan fingerprint density at radius 3 is 2.27 bits per heavy atom. The first-order chi connectivity index (χ1) is 12.3. The van der Waals surface area contributed by atoms with Crippen molar-refractivity contribution in [2.75, 3.05) is 26.2 Å². The number of carbonyl (C=O) groups excluding carboxylic acids is 1. The summed E-state index contributed by atoms with van der Waals surface area (Å²) in [7, 11) is 0. The SMILES string of the molecule is Cc1nc(C(F)(F)F)ccc1C(=O)N1CCN(Cc2ccccc2)CC1. The molecule has 1 fully saturated rings. The predicted molar refractivity (Wildman–Crippen MR) is 91.6 cm³/mol. The van der Waals surface area contributed by atoms with Gasteiger partial charge in [0.05, 0.1) is 11.3 Å². The maximum atomic E-state index is 12.7. The van der Waals surface area contributed by atoms with Crippen LogP contribution < -0.4 is 0 Å². The molecule has 26 heavy (non-hydrogen) atoms. The maximum Gasteiger partial charge on any atom is 0.433 e. The first-order valence-electron chi connectivity index (χ1n) is 8.45. The Hall–Kier alpha value is -2.41. The number of aryl methyl sites for hydroxylation is 1. The Morgan fingerprint density at radius 2 is 1.69 bits per heavy atom. The Bertz CT molecular complexity index is 769. The number of alkyl halides is 3. The van der Waals surface area contributed by atoms with Gasteiger partial charge >= 0.3 is 6.18 Å². The van der Waals surface area contributed by atoms with E-state index in [2.05, 4.69) is 22.0 Å². The lowest BCUT2D eigenvalue weighted by molar-refractivity contribution is -0.141. The number of rotatable bonds is 3. The van der Waals surface area contributed by atoms with Gasteiger partial charge in [0.15, 0.2) is 0 Å². The van der Waals surface area contributed by atoms with Gasteiger partial charge in [0.1, 0.15) is 5.69 Å². The fourth-order valence-electron chi connectivity index (χ4n) is 3.07. The summed E-state index contributed by atoms with van der Waals surface area (Å²) < 4.78 is 38.1. The molecule has 0 unspecified atom stereocenters. The van der Waals surface area contributed by atoms with Gasteiger partial charge in [-0.1, -0.05) is 30.3 Å². The average molecular weight is 363 g/mol. The van der Waals surface area contributed by atoms with Crippen LogP contribution in [0.4, 0.5) is 13.2 Å². The zero-order chi connectivity index (χ0) is 18.7. The fourth-order valence-corrected chi connectivity index (χ4v) is 3.07. The Kier molecular flexibility index (Phi) is 5.27. The van der Waals surface area contributed by atoms with Crippen molar-refractivity contribution in [2.24, 2.45) is 0 Å². The van der Waals surface area contributed by atoms with E-state index in [1.165, 1.54) is 18.6 Å². The molecular formula is C19H20F3N3O. The quantitative estimate of drug-likeness (QED) is 0.839. The Labute approximate surface area is 150 Å². The number of halogens is 3. The summed E-state index contributed by atoms with van der Waals surface area (Å²) in [6.45, 7) is 4.82. The molecule has 7 heteroatoms. The van der Waals surface area contributed by atoms with Crippen molar-refractivity contribution in [3.63, 3.8) is 0 Å². The van der Waals surface area contributed by atoms with Crippen LogP contribution in [0, 0.1) is 6.92 Å². The second-order valence-electron chi connectivity index (χ2n) is 6.38. The van der Waals surface area contributed by atoms with Crippen LogP contribution in [0.15, 0.2) is 42.5 Å². The van der Waals surface area contributed by atoms with E-state index in [9.17, 15) is 18.0 Å². The Morgan fingerprint density at radius 1 is 1.04 bits per heavy atom. The number of aromatic nitrogens is 1. The van der Waals surface area contributed by atoms with Crippen LogP contribution in [0.5, 0.6) is 0 Å². The van der Waals surface area contributed by atoms with E-state index < -0.39 is 11.9 Å². The highest BCUT2D eigenvalue weighted by Gasteiger charge is 2.33. The highest BCUT2D eigenvalue weighted by Crippen LogP contribution is 2.28. The third kappa shape index (κ3) is 4.22. The number of benzene rings is 1. The van der Waals surface area contributed by atoms with Crippen molar-refractivity contribution in [1.29, 1.82) is 0 Å². The molecule has 2 aromatic rings. The molecule has 1 aliphatic heterocycles. The molecule has 0 radical (unpaired) electrons. The summed E-state index contributed by atoms with van der Waals surface area (Å²) in [6, 6.07) is 12.2. The topological polar surface area (TPSA) is 36.4 Å². The van der Waals surface area contributed by atoms with Crippen LogP contribution in [0.25, 0.3) is 0 Å². The molecule has 1 aromatic carbocycles. The smallest absolute Gasteiger partial charge is 0.336 e. The first-order valence-corrected chi connectivity index (χ1v) is 8.45. The molecule has 0 bridgehead atoms. The normalized spacial score (nSPS) is 15.9. The standard InChI is InChI=1S/C19H20F3N3O/c1-14-16(7-8-17(23-14)19(20,21)22)18(26)25-11-9-24(10-12-25)13-15-5-3-2-4-6-15/h2-8H,9-13H2,1H3. The minimum atomic E-state index is -4.50. The van der Waals surface area contributed by atoms with E-state index in [4.69, 9.17) is 0 Å². The van der Waals surface area contributed by atoms with Gasteiger partial charge in [0.2, 0.25) is 0 Å². The van der Waals surface area contributed by atoms with E-state index in [1.54, 1.807) is 4.90 Å². The van der Waals surface area contributed by atoms with Crippen molar-refractivity contribution >= 4 is 5.91 Å². The van der Waals surface area contributed by atoms with Crippen molar-refractivity contribution in [1.82, 2.24) is 14.8 Å². The summed E-state index contributed by atoms with van der Waals surface area (Å²) in [5, 5.41) is 0. The van der Waals surface area contributed by atoms with Crippen LogP contribution >= 0.6 is 0 Å². The van der Waals surface area contributed by atoms with Crippen LogP contribution in [0.2, 0.25) is 0 Å². The fraction of sp³-hybridized carbons (Fsp3) is 0.368. The molecule has 2 heterocycles. The molecule has 0 saturated carbocycles. The van der Waals surface area contributed by atoms with Gasteiger partial charge in [-0.3, -0.25) is 9.69 Å². The molecular weight excluding hydrogens is 343 g/mol. The predicted octanol–water partition coefficient (Wildman–Crippen LogP) is 3.37. The van der Waals surface area contributed by atoms with Gasteiger partial charge in [-0.05, 0) is 24.6 Å². The van der Waals surface area contributed by atoms with Crippen molar-refractivity contribution in [3.05, 3.63) is 65.0 Å². The van der Waals surface area contributed by atoms with E-state index in [0.29, 0.717) is 13.1 Å². The Balaban J connectivity index is 1.62. The van der Waals surface area contributed by atoms with Gasteiger partial charge in [-0.25, -0.2) is 4.98 Å². The van der Waals surface area contributed by atoms with Crippen molar-refractivity contribution < 1.29 is 18.0 Å². The number of hydrogen-bond donors (Lipinski definition) is 0. The molecule has 1 amide bonds. The van der Waals surface area contributed by atoms with Gasteiger partial charge in [0, 0.05) is 32.7 Å². The number of pyridine rings is 1. The van der Waals surface area contributed by atoms with Crippen molar-refractivity contribution in [2.45, 2.75) is 19.6 Å². The number of nitrogens with zero attached hydrogens (tertiary/aromatic N) is 3. The molecule has 1 saturated heterocycles. The number of piperazine rings is 1. The van der Waals surface area contributed by atoms with Gasteiger partial charge < -0.3 is 4.90 Å². The van der Waals surface area contributed by atoms with Crippen LogP contribution in [-0.2, 0) is 12.7 Å². The molecule has 1 aliphatic rings. The lowest BCUT2D eigenvalue weighted by atomic mass is 10.1. The highest BCUT2D eigenvalue weighted by atomic mass is 19.4. The molecule has 0 aliphatic carbocycles. The molecule has 3 rings (SSSR count). The third-order valence-electron chi connectivity index (χ3n) is 4.52. The van der Waals surface area contributed by atoms with Crippen LogP contribution in [-0.4, -0.2) is 46.9 Å². The van der Waals surface area contributed by atoms with Crippen LogP contribution in [0.1, 0.15) is 27.3 Å². The number of hydrogen-bond acceptors (Lipinski definition) is 3. The second kappa shape index (κ2) is 7.45. The first kappa shape index (κ1) is 18.4. The molecule has 0 spiro atoms. The summed E-state index contributed by atoms with van der Waals surface area (Å²) in [6.07, 6.45) is -4.50. The molecule has 1 aromatic heterocycles. The monoisotopic (exact) mass is 363 g/mol. The minimum absolute atomic E-state index is 0.108. The van der Waals surface area contributed by atoms with E-state index in [0.717, 1.165) is 25.7 Å². The number of carbonyl (C=O) groups is 1. The maximum absolute atomic E-state index is 12.7. The van der Waals surface area contributed by atoms with Crippen LogP contribution in [0.3, 0.4) is 0 Å². The lowest BCUT2D eigenvalue weighted by Gasteiger charge is -2.35. The zero-order valence-electron chi connectivity index (χ0n) is 14.5. The van der Waals surface area contributed by atoms with E-state index in [-0.39, 0.29) is 17.2 Å². The van der Waals surface area contributed by atoms with E-state index >= 15 is 0 Å².